The maximum absolute atomic E-state index is 13.1. The number of hydrogen-bond donors (Lipinski definition) is 1. The van der Waals surface area contributed by atoms with E-state index in [0.717, 1.165) is 50.4 Å². The van der Waals surface area contributed by atoms with Gasteiger partial charge in [0.15, 0.2) is 0 Å². The van der Waals surface area contributed by atoms with Gasteiger partial charge in [-0.05, 0) is 43.2 Å². The minimum Gasteiger partial charge on any atom is -0.378 e. The van der Waals surface area contributed by atoms with Crippen LogP contribution in [0, 0.1) is 5.82 Å². The summed E-state index contributed by atoms with van der Waals surface area (Å²) in [5, 5.41) is 7.99. The molecule has 5 nitrogen and oxygen atoms in total. The van der Waals surface area contributed by atoms with E-state index in [4.69, 9.17) is 9.47 Å². The maximum Gasteiger partial charge on any atom is 0.123 e. The normalized spacial score (nSPS) is 27.0. The van der Waals surface area contributed by atoms with Gasteiger partial charge >= 0.3 is 0 Å². The van der Waals surface area contributed by atoms with Crippen LogP contribution in [0.2, 0.25) is 0 Å². The molecule has 3 heterocycles. The Kier molecular flexibility index (Phi) is 4.35. The highest BCUT2D eigenvalue weighted by Gasteiger charge is 2.40. The van der Waals surface area contributed by atoms with Crippen LogP contribution in [0.4, 0.5) is 4.39 Å². The summed E-state index contributed by atoms with van der Waals surface area (Å²) in [5.41, 5.74) is 1.84. The van der Waals surface area contributed by atoms with Gasteiger partial charge in [0, 0.05) is 38.4 Å². The summed E-state index contributed by atoms with van der Waals surface area (Å²) in [6.07, 6.45) is 4.75. The lowest BCUT2D eigenvalue weighted by Crippen LogP contribution is -2.47. The zero-order valence-electron chi connectivity index (χ0n) is 13.6. The molecule has 0 amide bonds. The van der Waals surface area contributed by atoms with Gasteiger partial charge < -0.3 is 14.8 Å². The average molecular weight is 331 g/mol. The van der Waals surface area contributed by atoms with E-state index in [1.165, 1.54) is 12.1 Å². The fourth-order valence-corrected chi connectivity index (χ4v) is 3.59. The highest BCUT2D eigenvalue weighted by molar-refractivity contribution is 5.32. The molecule has 4 rings (SSSR count). The minimum atomic E-state index is -0.239. The van der Waals surface area contributed by atoms with E-state index in [9.17, 15) is 4.39 Å². The first-order chi connectivity index (χ1) is 11.7. The van der Waals surface area contributed by atoms with Crippen molar-refractivity contribution in [3.63, 3.8) is 0 Å². The molecule has 2 aliphatic rings. The average Bonchev–Trinajstić information content (AvgIpc) is 3.24. The minimum absolute atomic E-state index is 0.0902. The van der Waals surface area contributed by atoms with Crippen molar-refractivity contribution in [3.05, 3.63) is 48.0 Å². The molecule has 1 spiro atoms. The number of nitrogens with zero attached hydrogens (tertiary/aromatic N) is 2. The Morgan fingerprint density at radius 1 is 1.25 bits per heavy atom. The zero-order chi connectivity index (χ0) is 16.4. The first-order valence-corrected chi connectivity index (χ1v) is 8.48. The number of nitrogens with one attached hydrogen (secondary N) is 1. The predicted octanol–water partition coefficient (Wildman–Crippen LogP) is 2.44. The first kappa shape index (κ1) is 15.7. The lowest BCUT2D eigenvalue weighted by atomic mass is 9.89. The third-order valence-electron chi connectivity index (χ3n) is 4.92. The predicted molar refractivity (Wildman–Crippen MR) is 87.5 cm³/mol. The Balaban J connectivity index is 1.41. The number of benzene rings is 1. The van der Waals surface area contributed by atoms with Crippen LogP contribution in [0.1, 0.15) is 25.0 Å². The number of aromatic nitrogens is 2. The summed E-state index contributed by atoms with van der Waals surface area (Å²) in [6, 6.07) is 8.80. The smallest absolute Gasteiger partial charge is 0.123 e. The molecule has 0 saturated carbocycles. The van der Waals surface area contributed by atoms with E-state index < -0.39 is 0 Å². The van der Waals surface area contributed by atoms with Gasteiger partial charge in [0.25, 0.3) is 0 Å². The van der Waals surface area contributed by atoms with Gasteiger partial charge in [-0.3, -0.25) is 0 Å². The van der Waals surface area contributed by atoms with Crippen LogP contribution in [-0.2, 0) is 16.0 Å². The fraction of sp³-hybridized carbons (Fsp3) is 0.500. The molecule has 6 heteroatoms. The van der Waals surface area contributed by atoms with E-state index in [1.807, 2.05) is 10.7 Å². The summed E-state index contributed by atoms with van der Waals surface area (Å²) < 4.78 is 26.5. The van der Waals surface area contributed by atoms with Crippen molar-refractivity contribution >= 4 is 0 Å². The van der Waals surface area contributed by atoms with E-state index in [-0.39, 0.29) is 11.4 Å². The van der Waals surface area contributed by atoms with Crippen molar-refractivity contribution in [2.45, 2.75) is 37.5 Å². The Labute approximate surface area is 140 Å². The summed E-state index contributed by atoms with van der Waals surface area (Å²) in [5.74, 6) is -0.239. The summed E-state index contributed by atoms with van der Waals surface area (Å²) >= 11 is 0. The van der Waals surface area contributed by atoms with Crippen LogP contribution in [0.5, 0.6) is 0 Å². The van der Waals surface area contributed by atoms with Crippen LogP contribution >= 0.6 is 0 Å². The number of hydrogen-bond acceptors (Lipinski definition) is 4. The van der Waals surface area contributed by atoms with Gasteiger partial charge in [0.2, 0.25) is 0 Å². The molecule has 1 aromatic heterocycles. The highest BCUT2D eigenvalue weighted by Crippen LogP contribution is 2.32. The molecule has 0 unspecified atom stereocenters. The molecular formula is C18H22FN3O2. The molecule has 128 valence electrons. The number of halogens is 1. The van der Waals surface area contributed by atoms with Crippen molar-refractivity contribution in [2.75, 3.05) is 19.8 Å². The molecule has 2 aliphatic heterocycles. The molecule has 0 bridgehead atoms. The van der Waals surface area contributed by atoms with Crippen molar-refractivity contribution in [3.8, 4) is 5.69 Å². The summed E-state index contributed by atoms with van der Waals surface area (Å²) in [4.78, 5) is 0. The van der Waals surface area contributed by atoms with Crippen molar-refractivity contribution < 1.29 is 13.9 Å². The second kappa shape index (κ2) is 6.63. The molecular weight excluding hydrogens is 309 g/mol. The van der Waals surface area contributed by atoms with E-state index >= 15 is 0 Å². The third kappa shape index (κ3) is 3.22. The largest absolute Gasteiger partial charge is 0.378 e. The van der Waals surface area contributed by atoms with Crippen LogP contribution in [0.15, 0.2) is 36.5 Å². The first-order valence-electron chi connectivity index (χ1n) is 8.48. The molecule has 2 atom stereocenters. The van der Waals surface area contributed by atoms with Gasteiger partial charge in [-0.2, -0.15) is 5.10 Å². The monoisotopic (exact) mass is 331 g/mol. The van der Waals surface area contributed by atoms with Crippen molar-refractivity contribution in [1.29, 1.82) is 0 Å². The third-order valence-corrected chi connectivity index (χ3v) is 4.92. The molecule has 0 radical (unpaired) electrons. The lowest BCUT2D eigenvalue weighted by Gasteiger charge is -2.37. The molecule has 2 fully saturated rings. The molecule has 1 aromatic carbocycles. The van der Waals surface area contributed by atoms with Crippen LogP contribution in [-0.4, -0.2) is 41.2 Å². The molecule has 2 aromatic rings. The number of rotatable bonds is 4. The molecule has 1 N–H and O–H groups in total. The molecule has 24 heavy (non-hydrogen) atoms. The molecule has 0 aliphatic carbocycles. The van der Waals surface area contributed by atoms with Crippen LogP contribution in [0.25, 0.3) is 5.69 Å². The van der Waals surface area contributed by atoms with Gasteiger partial charge in [-0.25, -0.2) is 9.07 Å². The summed E-state index contributed by atoms with van der Waals surface area (Å²) in [6.45, 7) is 3.00. The maximum atomic E-state index is 13.1. The number of ether oxygens (including phenoxy) is 2. The second-order valence-corrected chi connectivity index (χ2v) is 6.62. The zero-order valence-corrected chi connectivity index (χ0v) is 13.6. The topological polar surface area (TPSA) is 48.3 Å². The Morgan fingerprint density at radius 3 is 2.92 bits per heavy atom. The van der Waals surface area contributed by atoms with Crippen LogP contribution < -0.4 is 5.32 Å². The standard InChI is InChI=1S/C18H22FN3O2/c19-14-1-3-16(4-2-14)22-17(5-8-21-22)12-20-15-6-9-24-18(11-15)7-10-23-13-18/h1-5,8,15,20H,6-7,9-13H2/t15-,18-/m1/s1. The highest BCUT2D eigenvalue weighted by atomic mass is 19.1. The summed E-state index contributed by atoms with van der Waals surface area (Å²) in [7, 11) is 0. The van der Waals surface area contributed by atoms with E-state index in [2.05, 4.69) is 10.4 Å². The quantitative estimate of drug-likeness (QED) is 0.935. The Bertz CT molecular complexity index is 680. The van der Waals surface area contributed by atoms with Gasteiger partial charge in [-0.1, -0.05) is 0 Å². The molecule has 2 saturated heterocycles. The van der Waals surface area contributed by atoms with E-state index in [1.54, 1.807) is 18.3 Å². The van der Waals surface area contributed by atoms with Crippen LogP contribution in [0.3, 0.4) is 0 Å². The van der Waals surface area contributed by atoms with Crippen molar-refractivity contribution in [1.82, 2.24) is 15.1 Å². The van der Waals surface area contributed by atoms with Gasteiger partial charge in [0.1, 0.15) is 5.82 Å². The Morgan fingerprint density at radius 2 is 2.12 bits per heavy atom. The Hall–Kier alpha value is -1.76. The van der Waals surface area contributed by atoms with Gasteiger partial charge in [-0.15, -0.1) is 0 Å². The van der Waals surface area contributed by atoms with Crippen molar-refractivity contribution in [2.24, 2.45) is 0 Å². The lowest BCUT2D eigenvalue weighted by molar-refractivity contribution is -0.0895. The van der Waals surface area contributed by atoms with E-state index in [0.29, 0.717) is 12.6 Å². The SMILES string of the molecule is Fc1ccc(-n2nccc2CN[C@@H]2CCO[C@]3(CCOC3)C2)cc1. The second-order valence-electron chi connectivity index (χ2n) is 6.62. The van der Waals surface area contributed by atoms with Gasteiger partial charge in [0.05, 0.1) is 23.6 Å². The fourth-order valence-electron chi connectivity index (χ4n) is 3.59.